The molecule has 8 heteroatoms. The van der Waals surface area contributed by atoms with Gasteiger partial charge < -0.3 is 5.32 Å². The maximum absolute atomic E-state index is 12.7. The van der Waals surface area contributed by atoms with Gasteiger partial charge in [-0.15, -0.1) is 0 Å². The summed E-state index contributed by atoms with van der Waals surface area (Å²) in [5.74, 6) is 0.121. The first-order valence-electron chi connectivity index (χ1n) is 6.83. The predicted octanol–water partition coefficient (Wildman–Crippen LogP) is 2.91. The first-order chi connectivity index (χ1) is 10.1. The van der Waals surface area contributed by atoms with Crippen molar-refractivity contribution in [1.82, 2.24) is 20.0 Å². The van der Waals surface area contributed by atoms with Crippen LogP contribution in [-0.4, -0.2) is 25.9 Å². The van der Waals surface area contributed by atoms with Gasteiger partial charge in [0, 0.05) is 23.9 Å². The minimum Gasteiger partial charge on any atom is -0.304 e. The fraction of sp³-hybridized carbons (Fsp3) is 0.462. The molecule has 0 radical (unpaired) electrons. The Morgan fingerprint density at radius 3 is 2.90 bits per heavy atom. The van der Waals surface area contributed by atoms with E-state index in [1.165, 1.54) is 18.9 Å². The zero-order valence-corrected chi connectivity index (χ0v) is 11.2. The lowest BCUT2D eigenvalue weighted by Gasteiger charge is -2.05. The highest BCUT2D eigenvalue weighted by Crippen LogP contribution is 2.33. The van der Waals surface area contributed by atoms with Crippen LogP contribution in [0.3, 0.4) is 0 Å². The maximum Gasteiger partial charge on any atom is 0.333 e. The van der Waals surface area contributed by atoms with Gasteiger partial charge in [0.1, 0.15) is 5.69 Å². The SMILES string of the molecule is O=C(Nc1cc(C2CCCC2)[nH]n1)c1ccnn1C(F)F. The van der Waals surface area contributed by atoms with E-state index >= 15 is 0 Å². The first-order valence-corrected chi connectivity index (χ1v) is 6.83. The van der Waals surface area contributed by atoms with Gasteiger partial charge in [-0.1, -0.05) is 12.8 Å². The Hall–Kier alpha value is -2.25. The second kappa shape index (κ2) is 5.63. The summed E-state index contributed by atoms with van der Waals surface area (Å²) in [6, 6.07) is 3.00. The molecule has 21 heavy (non-hydrogen) atoms. The van der Waals surface area contributed by atoms with Crippen molar-refractivity contribution >= 4 is 11.7 Å². The van der Waals surface area contributed by atoms with E-state index in [1.807, 2.05) is 0 Å². The lowest BCUT2D eigenvalue weighted by molar-refractivity contribution is 0.0520. The summed E-state index contributed by atoms with van der Waals surface area (Å²) in [4.78, 5) is 12.0. The third-order valence-corrected chi connectivity index (χ3v) is 3.72. The lowest BCUT2D eigenvalue weighted by atomic mass is 10.0. The smallest absolute Gasteiger partial charge is 0.304 e. The van der Waals surface area contributed by atoms with Gasteiger partial charge in [0.2, 0.25) is 0 Å². The third kappa shape index (κ3) is 2.79. The molecule has 1 saturated carbocycles. The number of carbonyl (C=O) groups is 1. The van der Waals surface area contributed by atoms with E-state index in [9.17, 15) is 13.6 Å². The van der Waals surface area contributed by atoms with Crippen LogP contribution < -0.4 is 5.32 Å². The normalized spacial score (nSPS) is 15.8. The summed E-state index contributed by atoms with van der Waals surface area (Å²) in [6.45, 7) is -2.85. The number of H-pyrrole nitrogens is 1. The van der Waals surface area contributed by atoms with E-state index in [0.29, 0.717) is 16.4 Å². The van der Waals surface area contributed by atoms with Gasteiger partial charge >= 0.3 is 6.55 Å². The Bertz CT molecular complexity index is 630. The molecule has 2 aromatic rings. The third-order valence-electron chi connectivity index (χ3n) is 3.72. The molecule has 1 amide bonds. The number of halogens is 2. The van der Waals surface area contributed by atoms with Crippen LogP contribution in [0, 0.1) is 0 Å². The molecule has 112 valence electrons. The zero-order chi connectivity index (χ0) is 14.8. The molecular weight excluding hydrogens is 280 g/mol. The van der Waals surface area contributed by atoms with E-state index in [0.717, 1.165) is 24.7 Å². The topological polar surface area (TPSA) is 75.6 Å². The van der Waals surface area contributed by atoms with Crippen molar-refractivity contribution in [2.75, 3.05) is 5.32 Å². The summed E-state index contributed by atoms with van der Waals surface area (Å²) in [7, 11) is 0. The van der Waals surface area contributed by atoms with Crippen molar-refractivity contribution < 1.29 is 13.6 Å². The largest absolute Gasteiger partial charge is 0.333 e. The summed E-state index contributed by atoms with van der Waals surface area (Å²) < 4.78 is 25.7. The molecule has 6 nitrogen and oxygen atoms in total. The fourth-order valence-electron chi connectivity index (χ4n) is 2.68. The summed E-state index contributed by atoms with van der Waals surface area (Å²) >= 11 is 0. The lowest BCUT2D eigenvalue weighted by Crippen LogP contribution is -2.18. The number of aromatic amines is 1. The Kier molecular flexibility index (Phi) is 3.68. The van der Waals surface area contributed by atoms with Crippen LogP contribution in [0.1, 0.15) is 54.3 Å². The quantitative estimate of drug-likeness (QED) is 0.910. The van der Waals surface area contributed by atoms with E-state index in [1.54, 1.807) is 6.07 Å². The number of amides is 1. The molecule has 2 N–H and O–H groups in total. The Morgan fingerprint density at radius 1 is 1.43 bits per heavy atom. The van der Waals surface area contributed by atoms with Crippen LogP contribution in [0.4, 0.5) is 14.6 Å². The van der Waals surface area contributed by atoms with Crippen LogP contribution >= 0.6 is 0 Å². The molecule has 0 spiro atoms. The van der Waals surface area contributed by atoms with Crippen LogP contribution in [-0.2, 0) is 0 Å². The molecule has 0 atom stereocenters. The number of rotatable bonds is 4. The second-order valence-electron chi connectivity index (χ2n) is 5.08. The van der Waals surface area contributed by atoms with Crippen molar-refractivity contribution in [2.45, 2.75) is 38.2 Å². The summed E-state index contributed by atoms with van der Waals surface area (Å²) in [5.41, 5.74) is 0.778. The minimum absolute atomic E-state index is 0.199. The van der Waals surface area contributed by atoms with E-state index < -0.39 is 12.5 Å². The molecule has 0 aromatic carbocycles. The monoisotopic (exact) mass is 295 g/mol. The number of hydrogen-bond donors (Lipinski definition) is 2. The highest BCUT2D eigenvalue weighted by Gasteiger charge is 2.21. The van der Waals surface area contributed by atoms with Gasteiger partial charge in [-0.3, -0.25) is 9.89 Å². The van der Waals surface area contributed by atoms with Crippen molar-refractivity contribution in [1.29, 1.82) is 0 Å². The van der Waals surface area contributed by atoms with Gasteiger partial charge in [0.25, 0.3) is 5.91 Å². The molecule has 2 aromatic heterocycles. The van der Waals surface area contributed by atoms with E-state index in [4.69, 9.17) is 0 Å². The van der Waals surface area contributed by atoms with Gasteiger partial charge in [-0.05, 0) is 18.9 Å². The number of anilines is 1. The molecule has 0 unspecified atom stereocenters. The molecule has 1 aliphatic carbocycles. The highest BCUT2D eigenvalue weighted by atomic mass is 19.3. The zero-order valence-electron chi connectivity index (χ0n) is 11.2. The summed E-state index contributed by atoms with van der Waals surface area (Å²) in [6.07, 6.45) is 5.76. The van der Waals surface area contributed by atoms with Crippen LogP contribution in [0.5, 0.6) is 0 Å². The number of alkyl halides is 2. The summed E-state index contributed by atoms with van der Waals surface area (Å²) in [5, 5.41) is 12.8. The van der Waals surface area contributed by atoms with Crippen molar-refractivity contribution in [3.63, 3.8) is 0 Å². The molecule has 1 aliphatic rings. The minimum atomic E-state index is -2.85. The average Bonchev–Trinajstić information content (AvgIpc) is 3.19. The maximum atomic E-state index is 12.7. The number of carbonyl (C=O) groups excluding carboxylic acids is 1. The average molecular weight is 295 g/mol. The molecule has 2 heterocycles. The molecular formula is C13H15F2N5O. The first kappa shape index (κ1) is 13.7. The standard InChI is InChI=1S/C13H15F2N5O/c14-13(15)20-10(5-6-16-20)12(21)17-11-7-9(18-19-11)8-3-1-2-4-8/h5-8,13H,1-4H2,(H2,17,18,19,21). The fourth-order valence-corrected chi connectivity index (χ4v) is 2.68. The molecule has 0 aliphatic heterocycles. The van der Waals surface area contributed by atoms with Crippen molar-refractivity contribution in [2.24, 2.45) is 0 Å². The van der Waals surface area contributed by atoms with Gasteiger partial charge in [-0.2, -0.15) is 23.7 Å². The van der Waals surface area contributed by atoms with Crippen LogP contribution in [0.25, 0.3) is 0 Å². The van der Waals surface area contributed by atoms with Gasteiger partial charge in [0.05, 0.1) is 0 Å². The Balaban J connectivity index is 1.71. The number of nitrogens with one attached hydrogen (secondary N) is 2. The number of aromatic nitrogens is 4. The van der Waals surface area contributed by atoms with Gasteiger partial charge in [-0.25, -0.2) is 0 Å². The highest BCUT2D eigenvalue weighted by molar-refractivity contribution is 6.02. The van der Waals surface area contributed by atoms with Crippen molar-refractivity contribution in [3.8, 4) is 0 Å². The molecule has 0 saturated heterocycles. The van der Waals surface area contributed by atoms with E-state index in [-0.39, 0.29) is 5.69 Å². The van der Waals surface area contributed by atoms with E-state index in [2.05, 4.69) is 20.6 Å². The predicted molar refractivity (Wildman–Crippen MR) is 71.2 cm³/mol. The molecule has 3 rings (SSSR count). The van der Waals surface area contributed by atoms with Crippen molar-refractivity contribution in [3.05, 3.63) is 29.7 Å². The molecule has 0 bridgehead atoms. The number of hydrogen-bond acceptors (Lipinski definition) is 3. The second-order valence-corrected chi connectivity index (χ2v) is 5.08. The number of nitrogens with zero attached hydrogens (tertiary/aromatic N) is 3. The van der Waals surface area contributed by atoms with Gasteiger partial charge in [0.15, 0.2) is 5.82 Å². The van der Waals surface area contributed by atoms with Crippen LogP contribution in [0.2, 0.25) is 0 Å². The molecule has 1 fully saturated rings. The Labute approximate surface area is 119 Å². The Morgan fingerprint density at radius 2 is 2.19 bits per heavy atom. The van der Waals surface area contributed by atoms with Crippen LogP contribution in [0.15, 0.2) is 18.3 Å².